The van der Waals surface area contributed by atoms with Gasteiger partial charge in [0, 0.05) is 30.7 Å². The molecule has 1 aliphatic rings. The maximum Gasteiger partial charge on any atom is 0.274 e. The van der Waals surface area contributed by atoms with Gasteiger partial charge in [0.1, 0.15) is 5.69 Å². The quantitative estimate of drug-likeness (QED) is 0.890. The summed E-state index contributed by atoms with van der Waals surface area (Å²) in [5, 5.41) is 6.21. The maximum absolute atomic E-state index is 12.4. The molecule has 2 N–H and O–H groups in total. The van der Waals surface area contributed by atoms with Crippen LogP contribution in [0.2, 0.25) is 0 Å². The van der Waals surface area contributed by atoms with Crippen LogP contribution in [0, 0.1) is 6.92 Å². The Balaban J connectivity index is 1.64. The Morgan fingerprint density at radius 1 is 1.35 bits per heavy atom. The molecule has 1 saturated heterocycles. The number of aryl methyl sites for hydroxylation is 1. The van der Waals surface area contributed by atoms with Crippen molar-refractivity contribution in [1.29, 1.82) is 0 Å². The van der Waals surface area contributed by atoms with Crippen molar-refractivity contribution in [3.8, 4) is 0 Å². The number of anilines is 2. The molecule has 2 aromatic rings. The standard InChI is InChI=1S/C18H21N3O2/c1-13-5-2-3-7-16(13)21-18(22)17-11-14(8-9-19-17)20-12-15-6-4-10-23-15/h2-3,5,7-9,11,15H,4,6,10,12H2,1H3,(H,19,20)(H,21,22). The summed E-state index contributed by atoms with van der Waals surface area (Å²) < 4.78 is 5.59. The Kier molecular flexibility index (Phi) is 4.88. The summed E-state index contributed by atoms with van der Waals surface area (Å²) in [5.74, 6) is -0.208. The Morgan fingerprint density at radius 2 is 2.22 bits per heavy atom. The van der Waals surface area contributed by atoms with E-state index in [0.29, 0.717) is 5.69 Å². The molecule has 1 aromatic carbocycles. The van der Waals surface area contributed by atoms with Gasteiger partial charge in [0.05, 0.1) is 6.10 Å². The number of hydrogen-bond donors (Lipinski definition) is 2. The molecule has 0 spiro atoms. The molecular weight excluding hydrogens is 290 g/mol. The fourth-order valence-corrected chi connectivity index (χ4v) is 2.60. The van der Waals surface area contributed by atoms with Gasteiger partial charge < -0.3 is 15.4 Å². The van der Waals surface area contributed by atoms with Crippen LogP contribution in [0.4, 0.5) is 11.4 Å². The zero-order valence-electron chi connectivity index (χ0n) is 13.2. The zero-order valence-corrected chi connectivity index (χ0v) is 13.2. The Hall–Kier alpha value is -2.40. The molecule has 0 radical (unpaired) electrons. The number of carbonyl (C=O) groups is 1. The third-order valence-corrected chi connectivity index (χ3v) is 3.94. The molecule has 1 fully saturated rings. The lowest BCUT2D eigenvalue weighted by atomic mass is 10.2. The molecule has 23 heavy (non-hydrogen) atoms. The van der Waals surface area contributed by atoms with Crippen molar-refractivity contribution in [2.75, 3.05) is 23.8 Å². The van der Waals surface area contributed by atoms with E-state index in [1.165, 1.54) is 0 Å². The normalized spacial score (nSPS) is 17.0. The molecule has 0 aliphatic carbocycles. The number of ether oxygens (including phenoxy) is 1. The minimum Gasteiger partial charge on any atom is -0.382 e. The molecular formula is C18H21N3O2. The van der Waals surface area contributed by atoms with E-state index in [9.17, 15) is 4.79 Å². The lowest BCUT2D eigenvalue weighted by molar-refractivity contribution is 0.102. The molecule has 0 bridgehead atoms. The summed E-state index contributed by atoms with van der Waals surface area (Å²) in [5.41, 5.74) is 3.10. The van der Waals surface area contributed by atoms with E-state index in [1.54, 1.807) is 12.3 Å². The Bertz CT molecular complexity index is 681. The van der Waals surface area contributed by atoms with Crippen LogP contribution in [0.15, 0.2) is 42.6 Å². The number of hydrogen-bond acceptors (Lipinski definition) is 4. The molecule has 3 rings (SSSR count). The van der Waals surface area contributed by atoms with Crippen molar-refractivity contribution in [2.24, 2.45) is 0 Å². The van der Waals surface area contributed by atoms with E-state index in [0.717, 1.165) is 42.9 Å². The number of aromatic nitrogens is 1. The minimum atomic E-state index is -0.208. The fourth-order valence-electron chi connectivity index (χ4n) is 2.60. The van der Waals surface area contributed by atoms with Crippen molar-refractivity contribution in [1.82, 2.24) is 4.98 Å². The summed E-state index contributed by atoms with van der Waals surface area (Å²) in [6.45, 7) is 3.55. The lowest BCUT2D eigenvalue weighted by Crippen LogP contribution is -2.19. The van der Waals surface area contributed by atoms with Gasteiger partial charge in [-0.05, 0) is 43.5 Å². The van der Waals surface area contributed by atoms with Gasteiger partial charge >= 0.3 is 0 Å². The number of rotatable bonds is 5. The third kappa shape index (κ3) is 4.07. The first-order valence-electron chi connectivity index (χ1n) is 7.91. The fraction of sp³-hybridized carbons (Fsp3) is 0.333. The monoisotopic (exact) mass is 311 g/mol. The number of benzene rings is 1. The van der Waals surface area contributed by atoms with Crippen LogP contribution in [-0.4, -0.2) is 30.1 Å². The van der Waals surface area contributed by atoms with Crippen LogP contribution >= 0.6 is 0 Å². The average molecular weight is 311 g/mol. The minimum absolute atomic E-state index is 0.208. The molecule has 2 heterocycles. The first-order valence-corrected chi connectivity index (χ1v) is 7.91. The van der Waals surface area contributed by atoms with E-state index in [1.807, 2.05) is 37.3 Å². The van der Waals surface area contributed by atoms with Crippen molar-refractivity contribution in [2.45, 2.75) is 25.9 Å². The first kappa shape index (κ1) is 15.5. The molecule has 120 valence electrons. The topological polar surface area (TPSA) is 63.2 Å². The van der Waals surface area contributed by atoms with E-state index in [4.69, 9.17) is 4.74 Å². The molecule has 1 unspecified atom stereocenters. The van der Waals surface area contributed by atoms with Crippen molar-refractivity contribution in [3.63, 3.8) is 0 Å². The second kappa shape index (κ2) is 7.24. The van der Waals surface area contributed by atoms with Gasteiger partial charge in [-0.25, -0.2) is 0 Å². The van der Waals surface area contributed by atoms with Gasteiger partial charge in [0.25, 0.3) is 5.91 Å². The van der Waals surface area contributed by atoms with Crippen LogP contribution in [0.5, 0.6) is 0 Å². The maximum atomic E-state index is 12.4. The third-order valence-electron chi connectivity index (χ3n) is 3.94. The number of para-hydroxylation sites is 1. The SMILES string of the molecule is Cc1ccccc1NC(=O)c1cc(NCC2CCCO2)ccn1. The summed E-state index contributed by atoms with van der Waals surface area (Å²) in [6.07, 6.45) is 4.10. The van der Waals surface area contributed by atoms with Crippen LogP contribution in [0.3, 0.4) is 0 Å². The highest BCUT2D eigenvalue weighted by molar-refractivity contribution is 6.03. The van der Waals surface area contributed by atoms with Gasteiger partial charge in [-0.3, -0.25) is 9.78 Å². The average Bonchev–Trinajstić information content (AvgIpc) is 3.09. The Labute approximate surface area is 136 Å². The molecule has 1 aliphatic heterocycles. The second-order valence-corrected chi connectivity index (χ2v) is 5.71. The molecule has 1 atom stereocenters. The number of carbonyl (C=O) groups excluding carboxylic acids is 1. The highest BCUT2D eigenvalue weighted by Gasteiger charge is 2.15. The first-order chi connectivity index (χ1) is 11.2. The Morgan fingerprint density at radius 3 is 3.00 bits per heavy atom. The number of nitrogens with zero attached hydrogens (tertiary/aromatic N) is 1. The van der Waals surface area contributed by atoms with Gasteiger partial charge in [-0.15, -0.1) is 0 Å². The highest BCUT2D eigenvalue weighted by Crippen LogP contribution is 2.16. The van der Waals surface area contributed by atoms with E-state index < -0.39 is 0 Å². The van der Waals surface area contributed by atoms with Gasteiger partial charge in [0.15, 0.2) is 0 Å². The van der Waals surface area contributed by atoms with E-state index in [2.05, 4.69) is 15.6 Å². The number of amides is 1. The van der Waals surface area contributed by atoms with Crippen LogP contribution in [0.25, 0.3) is 0 Å². The van der Waals surface area contributed by atoms with E-state index in [-0.39, 0.29) is 12.0 Å². The van der Waals surface area contributed by atoms with Crippen molar-refractivity contribution in [3.05, 3.63) is 53.9 Å². The van der Waals surface area contributed by atoms with Crippen LogP contribution in [0.1, 0.15) is 28.9 Å². The smallest absolute Gasteiger partial charge is 0.274 e. The van der Waals surface area contributed by atoms with Crippen LogP contribution < -0.4 is 10.6 Å². The second-order valence-electron chi connectivity index (χ2n) is 5.71. The van der Waals surface area contributed by atoms with E-state index >= 15 is 0 Å². The summed E-state index contributed by atoms with van der Waals surface area (Å²) >= 11 is 0. The molecule has 0 saturated carbocycles. The van der Waals surface area contributed by atoms with Gasteiger partial charge in [-0.1, -0.05) is 18.2 Å². The zero-order chi connectivity index (χ0) is 16.1. The summed E-state index contributed by atoms with van der Waals surface area (Å²) in [4.78, 5) is 16.5. The predicted molar refractivity (Wildman–Crippen MR) is 90.8 cm³/mol. The molecule has 1 amide bonds. The predicted octanol–water partition coefficient (Wildman–Crippen LogP) is 3.23. The number of nitrogens with one attached hydrogen (secondary N) is 2. The molecule has 1 aromatic heterocycles. The number of pyridine rings is 1. The molecule has 5 heteroatoms. The van der Waals surface area contributed by atoms with Crippen molar-refractivity contribution >= 4 is 17.3 Å². The van der Waals surface area contributed by atoms with Crippen molar-refractivity contribution < 1.29 is 9.53 Å². The molecule has 5 nitrogen and oxygen atoms in total. The van der Waals surface area contributed by atoms with Crippen LogP contribution in [-0.2, 0) is 4.74 Å². The highest BCUT2D eigenvalue weighted by atomic mass is 16.5. The lowest BCUT2D eigenvalue weighted by Gasteiger charge is -2.12. The summed E-state index contributed by atoms with van der Waals surface area (Å²) in [7, 11) is 0. The van der Waals surface area contributed by atoms with Gasteiger partial charge in [-0.2, -0.15) is 0 Å². The van der Waals surface area contributed by atoms with Gasteiger partial charge in [0.2, 0.25) is 0 Å². The summed E-state index contributed by atoms with van der Waals surface area (Å²) in [6, 6.07) is 11.3. The largest absolute Gasteiger partial charge is 0.382 e.